The molecule has 0 atom stereocenters. The van der Waals surface area contributed by atoms with Gasteiger partial charge in [0, 0.05) is 49.1 Å². The van der Waals surface area contributed by atoms with Crippen LogP contribution in [0.15, 0.2) is 33.2 Å². The van der Waals surface area contributed by atoms with E-state index < -0.39 is 5.97 Å². The Kier molecular flexibility index (Phi) is 7.24. The van der Waals surface area contributed by atoms with Crippen LogP contribution in [0.2, 0.25) is 0 Å². The normalized spacial score (nSPS) is 13.3. The topological polar surface area (TPSA) is 90.7 Å². The lowest BCUT2D eigenvalue weighted by Gasteiger charge is -2.19. The number of carbonyl (C=O) groups excluding carboxylic acids is 2. The van der Waals surface area contributed by atoms with E-state index in [1.54, 1.807) is 37.7 Å². The number of ether oxygens (including phenoxy) is 2. The van der Waals surface area contributed by atoms with E-state index in [4.69, 9.17) is 9.47 Å². The molecule has 4 heterocycles. The maximum Gasteiger partial charge on any atom is 0.343 e. The lowest BCUT2D eigenvalue weighted by molar-refractivity contribution is -0.131. The average molecular weight is 488 g/mol. The van der Waals surface area contributed by atoms with Gasteiger partial charge in [0.25, 0.3) is 5.56 Å². The quantitative estimate of drug-likeness (QED) is 0.476. The third-order valence-electron chi connectivity index (χ3n) is 5.72. The van der Waals surface area contributed by atoms with Gasteiger partial charge in [0.2, 0.25) is 5.91 Å². The highest BCUT2D eigenvalue weighted by atomic mass is 32.1. The van der Waals surface area contributed by atoms with Crippen LogP contribution in [0.1, 0.15) is 38.6 Å². The van der Waals surface area contributed by atoms with Crippen molar-refractivity contribution >= 4 is 34.6 Å². The van der Waals surface area contributed by atoms with Gasteiger partial charge in [0.15, 0.2) is 0 Å². The minimum atomic E-state index is -0.556. The fraction of sp³-hybridized carbons (Fsp3) is 0.391. The molecule has 0 saturated heterocycles. The van der Waals surface area contributed by atoms with E-state index in [0.29, 0.717) is 44.6 Å². The SMILES string of the molecule is COC(=O)c1c(OCc2ccsc2)cc(=O)n2c1CCN(C(=O)CCc1scnc1C)CC2. The summed E-state index contributed by atoms with van der Waals surface area (Å²) in [5.41, 5.74) is 4.24. The molecule has 10 heteroatoms. The number of methoxy groups -OCH3 is 1. The van der Waals surface area contributed by atoms with Gasteiger partial charge in [-0.3, -0.25) is 9.59 Å². The van der Waals surface area contributed by atoms with Gasteiger partial charge in [-0.25, -0.2) is 9.78 Å². The van der Waals surface area contributed by atoms with Crippen molar-refractivity contribution in [3.05, 3.63) is 66.1 Å². The number of aromatic nitrogens is 2. The van der Waals surface area contributed by atoms with Crippen LogP contribution in [0.3, 0.4) is 0 Å². The summed E-state index contributed by atoms with van der Waals surface area (Å²) in [7, 11) is 1.31. The van der Waals surface area contributed by atoms with Crippen LogP contribution in [0.4, 0.5) is 0 Å². The van der Waals surface area contributed by atoms with E-state index in [9.17, 15) is 14.4 Å². The van der Waals surface area contributed by atoms with E-state index >= 15 is 0 Å². The Balaban J connectivity index is 1.54. The van der Waals surface area contributed by atoms with Crippen LogP contribution < -0.4 is 10.3 Å². The monoisotopic (exact) mass is 487 g/mol. The fourth-order valence-electron chi connectivity index (χ4n) is 3.92. The van der Waals surface area contributed by atoms with Crippen molar-refractivity contribution in [3.8, 4) is 5.75 Å². The predicted molar refractivity (Wildman–Crippen MR) is 126 cm³/mol. The molecule has 0 saturated carbocycles. The second-order valence-corrected chi connectivity index (χ2v) is 9.44. The number of thiophene rings is 1. The molecular formula is C23H25N3O5S2. The first kappa shape index (κ1) is 23.2. The van der Waals surface area contributed by atoms with Crippen LogP contribution in [0.25, 0.3) is 0 Å². The molecule has 33 heavy (non-hydrogen) atoms. The van der Waals surface area contributed by atoms with Gasteiger partial charge in [-0.2, -0.15) is 11.3 Å². The van der Waals surface area contributed by atoms with E-state index in [0.717, 1.165) is 16.1 Å². The molecule has 0 aromatic carbocycles. The first-order chi connectivity index (χ1) is 16.0. The molecule has 0 bridgehead atoms. The molecule has 0 radical (unpaired) electrons. The minimum Gasteiger partial charge on any atom is -0.488 e. The zero-order valence-electron chi connectivity index (χ0n) is 18.5. The van der Waals surface area contributed by atoms with Gasteiger partial charge in [-0.1, -0.05) is 0 Å². The van der Waals surface area contributed by atoms with E-state index in [-0.39, 0.29) is 29.4 Å². The predicted octanol–water partition coefficient (Wildman–Crippen LogP) is 3.06. The zero-order chi connectivity index (χ0) is 23.4. The third kappa shape index (κ3) is 5.17. The van der Waals surface area contributed by atoms with Gasteiger partial charge in [-0.15, -0.1) is 11.3 Å². The van der Waals surface area contributed by atoms with Crippen molar-refractivity contribution in [3.63, 3.8) is 0 Å². The molecule has 1 aliphatic heterocycles. The number of hydrogen-bond acceptors (Lipinski definition) is 8. The number of rotatable bonds is 7. The number of aryl methyl sites for hydroxylation is 2. The van der Waals surface area contributed by atoms with Crippen LogP contribution in [0, 0.1) is 6.92 Å². The van der Waals surface area contributed by atoms with E-state index in [1.165, 1.54) is 13.2 Å². The summed E-state index contributed by atoms with van der Waals surface area (Å²) >= 11 is 3.10. The maximum atomic E-state index is 12.9. The lowest BCUT2D eigenvalue weighted by Crippen LogP contribution is -2.34. The van der Waals surface area contributed by atoms with Crippen LogP contribution in [0.5, 0.6) is 5.75 Å². The number of hydrogen-bond donors (Lipinski definition) is 0. The van der Waals surface area contributed by atoms with Crippen molar-refractivity contribution < 1.29 is 19.1 Å². The molecule has 174 valence electrons. The first-order valence-electron chi connectivity index (χ1n) is 10.6. The Hall–Kier alpha value is -2.98. The van der Waals surface area contributed by atoms with Crippen molar-refractivity contribution in [1.82, 2.24) is 14.5 Å². The van der Waals surface area contributed by atoms with Crippen LogP contribution in [-0.4, -0.2) is 46.5 Å². The smallest absolute Gasteiger partial charge is 0.343 e. The van der Waals surface area contributed by atoms with Crippen LogP contribution in [-0.2, 0) is 35.5 Å². The van der Waals surface area contributed by atoms with Gasteiger partial charge >= 0.3 is 5.97 Å². The molecule has 3 aromatic rings. The highest BCUT2D eigenvalue weighted by Gasteiger charge is 2.27. The Bertz CT molecular complexity index is 1200. The Morgan fingerprint density at radius 1 is 1.24 bits per heavy atom. The molecular weight excluding hydrogens is 462 g/mol. The van der Waals surface area contributed by atoms with E-state index in [2.05, 4.69) is 4.98 Å². The number of nitrogens with zero attached hydrogens (tertiary/aromatic N) is 3. The summed E-state index contributed by atoms with van der Waals surface area (Å²) < 4.78 is 12.4. The molecule has 0 unspecified atom stereocenters. The largest absolute Gasteiger partial charge is 0.488 e. The average Bonchev–Trinajstić information content (AvgIpc) is 3.42. The second-order valence-electron chi connectivity index (χ2n) is 7.72. The molecule has 4 rings (SSSR count). The number of fused-ring (bicyclic) bond motifs is 1. The Labute approximate surface area is 199 Å². The van der Waals surface area contributed by atoms with Gasteiger partial charge in [0.05, 0.1) is 18.3 Å². The van der Waals surface area contributed by atoms with E-state index in [1.807, 2.05) is 23.8 Å². The molecule has 8 nitrogen and oxygen atoms in total. The first-order valence-corrected chi connectivity index (χ1v) is 12.5. The lowest BCUT2D eigenvalue weighted by atomic mass is 10.1. The van der Waals surface area contributed by atoms with Gasteiger partial charge in [-0.05, 0) is 35.7 Å². The fourth-order valence-corrected chi connectivity index (χ4v) is 5.35. The number of pyridine rings is 1. The summed E-state index contributed by atoms with van der Waals surface area (Å²) in [6.07, 6.45) is 1.39. The van der Waals surface area contributed by atoms with Crippen molar-refractivity contribution in [1.29, 1.82) is 0 Å². The molecule has 0 N–H and O–H groups in total. The minimum absolute atomic E-state index is 0.0252. The van der Waals surface area contributed by atoms with Crippen molar-refractivity contribution in [2.24, 2.45) is 0 Å². The molecule has 0 fully saturated rings. The Morgan fingerprint density at radius 2 is 2.09 bits per heavy atom. The van der Waals surface area contributed by atoms with Gasteiger partial charge < -0.3 is 18.9 Å². The maximum absolute atomic E-state index is 12.9. The Morgan fingerprint density at radius 3 is 2.79 bits per heavy atom. The number of esters is 1. The van der Waals surface area contributed by atoms with Crippen molar-refractivity contribution in [2.75, 3.05) is 20.2 Å². The van der Waals surface area contributed by atoms with Crippen molar-refractivity contribution in [2.45, 2.75) is 39.3 Å². The summed E-state index contributed by atoms with van der Waals surface area (Å²) in [6.45, 7) is 3.32. The molecule has 1 amide bonds. The highest BCUT2D eigenvalue weighted by molar-refractivity contribution is 7.09. The third-order valence-corrected chi connectivity index (χ3v) is 7.45. The summed E-state index contributed by atoms with van der Waals surface area (Å²) in [5, 5.41) is 3.89. The summed E-state index contributed by atoms with van der Waals surface area (Å²) in [5.74, 6) is -0.318. The highest BCUT2D eigenvalue weighted by Crippen LogP contribution is 2.25. The number of carbonyl (C=O) groups is 2. The summed E-state index contributed by atoms with van der Waals surface area (Å²) in [6, 6.07) is 3.27. The summed E-state index contributed by atoms with van der Waals surface area (Å²) in [4.78, 5) is 45.5. The zero-order valence-corrected chi connectivity index (χ0v) is 20.2. The molecule has 0 spiro atoms. The number of thiazole rings is 1. The van der Waals surface area contributed by atoms with Crippen LogP contribution >= 0.6 is 22.7 Å². The van der Waals surface area contributed by atoms with Gasteiger partial charge in [0.1, 0.15) is 17.9 Å². The molecule has 3 aromatic heterocycles. The second kappa shape index (κ2) is 10.3. The molecule has 1 aliphatic rings. The number of amides is 1. The molecule has 0 aliphatic carbocycles. The standard InChI is InChI=1S/C23H25N3O5S2/c1-15-19(33-14-24-15)3-4-20(27)25-7-5-17-22(23(29)30-2)18(11-21(28)26(17)9-8-25)31-12-16-6-10-32-13-16/h6,10-11,13-14H,3-5,7-9,12H2,1-2H3.